The minimum absolute atomic E-state index is 0.0857. The van der Waals surface area contributed by atoms with Gasteiger partial charge in [0, 0.05) is 50.4 Å². The normalized spacial score (nSPS) is 22.5. The zero-order chi connectivity index (χ0) is 21.6. The maximum absolute atomic E-state index is 13.3. The Labute approximate surface area is 184 Å². The average molecular weight is 440 g/mol. The number of carbonyl (C=O) groups excluding carboxylic acids is 1. The van der Waals surface area contributed by atoms with E-state index in [0.717, 1.165) is 43.7 Å². The smallest absolute Gasteiger partial charge is 0.243 e. The summed E-state index contributed by atoms with van der Waals surface area (Å²) in [7, 11) is -3.54. The minimum Gasteiger partial charge on any atom is -0.309 e. The molecule has 1 atom stereocenters. The Balaban J connectivity index is 1.28. The molecule has 0 N–H and O–H groups in total. The summed E-state index contributed by atoms with van der Waals surface area (Å²) in [6.45, 7) is 5.32. The molecule has 1 amide bonds. The molecule has 2 aliphatic heterocycles. The molecule has 2 aromatic carbocycles. The van der Waals surface area contributed by atoms with E-state index in [1.54, 1.807) is 16.4 Å². The fraction of sp³-hybridized carbons (Fsp3) is 0.458. The molecular weight excluding hydrogens is 410 g/mol. The number of amides is 1. The summed E-state index contributed by atoms with van der Waals surface area (Å²) >= 11 is 0. The third-order valence-electron chi connectivity index (χ3n) is 6.65. The van der Waals surface area contributed by atoms with Crippen LogP contribution in [-0.2, 0) is 27.8 Å². The second-order valence-electron chi connectivity index (χ2n) is 8.99. The van der Waals surface area contributed by atoms with Crippen molar-refractivity contribution in [1.29, 1.82) is 0 Å². The van der Waals surface area contributed by atoms with Gasteiger partial charge in [-0.05, 0) is 55.5 Å². The lowest BCUT2D eigenvalue weighted by Crippen LogP contribution is -2.48. The molecule has 6 nitrogen and oxygen atoms in total. The van der Waals surface area contributed by atoms with Crippen molar-refractivity contribution in [3.8, 4) is 0 Å². The van der Waals surface area contributed by atoms with Crippen molar-refractivity contribution < 1.29 is 13.2 Å². The molecule has 0 spiro atoms. The number of fused-ring (bicyclic) bond motifs is 1. The second-order valence-corrected chi connectivity index (χ2v) is 10.9. The van der Waals surface area contributed by atoms with E-state index in [1.807, 2.05) is 36.1 Å². The Morgan fingerprint density at radius 2 is 1.71 bits per heavy atom. The fourth-order valence-corrected chi connectivity index (χ4v) is 6.22. The van der Waals surface area contributed by atoms with Crippen LogP contribution in [0.3, 0.4) is 0 Å². The van der Waals surface area contributed by atoms with E-state index in [2.05, 4.69) is 17.0 Å². The highest BCUT2D eigenvalue weighted by Gasteiger charge is 2.40. The van der Waals surface area contributed by atoms with Gasteiger partial charge in [-0.3, -0.25) is 9.69 Å². The number of benzene rings is 2. The SMILES string of the molecule is CC1Cc2cc(S(=O)(=O)N3CCN(Cc4ccccc4)CC3)ccc2N1C(=O)C1CC1. The number of hydrogen-bond acceptors (Lipinski definition) is 4. The number of anilines is 1. The summed E-state index contributed by atoms with van der Waals surface area (Å²) in [5.74, 6) is 0.348. The molecule has 1 aliphatic carbocycles. The number of sulfonamides is 1. The predicted molar refractivity (Wildman–Crippen MR) is 120 cm³/mol. The standard InChI is InChI=1S/C24H29N3O3S/c1-18-15-21-16-22(9-10-23(21)27(18)24(28)20-7-8-20)31(29,30)26-13-11-25(12-14-26)17-19-5-3-2-4-6-19/h2-6,9-10,16,18,20H,7-8,11-15,17H2,1H3. The van der Waals surface area contributed by atoms with Gasteiger partial charge in [0.2, 0.25) is 15.9 Å². The van der Waals surface area contributed by atoms with Crippen LogP contribution in [0.25, 0.3) is 0 Å². The van der Waals surface area contributed by atoms with Crippen LogP contribution in [0.4, 0.5) is 5.69 Å². The van der Waals surface area contributed by atoms with E-state index < -0.39 is 10.0 Å². The first kappa shape index (κ1) is 20.7. The summed E-state index contributed by atoms with van der Waals surface area (Å²) in [4.78, 5) is 17.2. The van der Waals surface area contributed by atoms with Crippen molar-refractivity contribution in [3.05, 3.63) is 59.7 Å². The average Bonchev–Trinajstić information content (AvgIpc) is 3.56. The van der Waals surface area contributed by atoms with Gasteiger partial charge in [0.15, 0.2) is 0 Å². The van der Waals surface area contributed by atoms with Gasteiger partial charge in [-0.15, -0.1) is 0 Å². The Morgan fingerprint density at radius 3 is 2.39 bits per heavy atom. The third-order valence-corrected chi connectivity index (χ3v) is 8.54. The molecule has 7 heteroatoms. The molecule has 164 valence electrons. The number of hydrogen-bond donors (Lipinski definition) is 0. The minimum atomic E-state index is -3.54. The Bertz CT molecular complexity index is 1070. The van der Waals surface area contributed by atoms with Crippen LogP contribution in [0.1, 0.15) is 30.9 Å². The Kier molecular flexibility index (Phi) is 5.36. The largest absolute Gasteiger partial charge is 0.309 e. The van der Waals surface area contributed by atoms with E-state index in [4.69, 9.17) is 0 Å². The summed E-state index contributed by atoms with van der Waals surface area (Å²) in [5.41, 5.74) is 3.10. The third kappa shape index (κ3) is 4.02. The van der Waals surface area contributed by atoms with Gasteiger partial charge in [-0.2, -0.15) is 4.31 Å². The number of carbonyl (C=O) groups is 1. The van der Waals surface area contributed by atoms with Gasteiger partial charge in [-0.1, -0.05) is 30.3 Å². The van der Waals surface area contributed by atoms with Crippen molar-refractivity contribution in [1.82, 2.24) is 9.21 Å². The molecule has 2 heterocycles. The van der Waals surface area contributed by atoms with Crippen LogP contribution in [0.15, 0.2) is 53.4 Å². The van der Waals surface area contributed by atoms with Crippen molar-refractivity contribution in [2.24, 2.45) is 5.92 Å². The van der Waals surface area contributed by atoms with E-state index in [1.165, 1.54) is 5.56 Å². The lowest BCUT2D eigenvalue weighted by atomic mass is 10.1. The maximum atomic E-state index is 13.3. The van der Waals surface area contributed by atoms with Gasteiger partial charge in [0.25, 0.3) is 0 Å². The fourth-order valence-electron chi connectivity index (χ4n) is 4.75. The summed E-state index contributed by atoms with van der Waals surface area (Å²) < 4.78 is 28.2. The first-order chi connectivity index (χ1) is 14.9. The zero-order valence-electron chi connectivity index (χ0n) is 17.9. The van der Waals surface area contributed by atoms with Crippen molar-refractivity contribution in [2.75, 3.05) is 31.1 Å². The molecule has 5 rings (SSSR count). The molecular formula is C24H29N3O3S. The topological polar surface area (TPSA) is 60.9 Å². The molecule has 1 unspecified atom stereocenters. The molecule has 2 aromatic rings. The molecule has 0 aromatic heterocycles. The quantitative estimate of drug-likeness (QED) is 0.719. The van der Waals surface area contributed by atoms with E-state index >= 15 is 0 Å². The second kappa shape index (κ2) is 8.04. The predicted octanol–water partition coefficient (Wildman–Crippen LogP) is 2.88. The van der Waals surface area contributed by atoms with Crippen LogP contribution in [0.5, 0.6) is 0 Å². The molecule has 1 saturated heterocycles. The van der Waals surface area contributed by atoms with E-state index in [9.17, 15) is 13.2 Å². The zero-order valence-corrected chi connectivity index (χ0v) is 18.7. The summed E-state index contributed by atoms with van der Waals surface area (Å²) in [6, 6.07) is 15.7. The van der Waals surface area contributed by atoms with Gasteiger partial charge < -0.3 is 4.90 Å². The van der Waals surface area contributed by atoms with Gasteiger partial charge >= 0.3 is 0 Å². The number of nitrogens with zero attached hydrogens (tertiary/aromatic N) is 3. The molecule has 2 fully saturated rings. The van der Waals surface area contributed by atoms with Crippen LogP contribution in [0, 0.1) is 5.92 Å². The summed E-state index contributed by atoms with van der Waals surface area (Å²) in [6.07, 6.45) is 2.65. The highest BCUT2D eigenvalue weighted by Crippen LogP contribution is 2.39. The Hall–Kier alpha value is -2.22. The van der Waals surface area contributed by atoms with E-state index in [0.29, 0.717) is 24.4 Å². The maximum Gasteiger partial charge on any atom is 0.243 e. The molecule has 31 heavy (non-hydrogen) atoms. The van der Waals surface area contributed by atoms with E-state index in [-0.39, 0.29) is 17.9 Å². The lowest BCUT2D eigenvalue weighted by molar-refractivity contribution is -0.120. The monoisotopic (exact) mass is 439 g/mol. The van der Waals surface area contributed by atoms with Gasteiger partial charge in [0.05, 0.1) is 4.90 Å². The van der Waals surface area contributed by atoms with Crippen LogP contribution in [0.2, 0.25) is 0 Å². The van der Waals surface area contributed by atoms with Crippen molar-refractivity contribution in [2.45, 2.75) is 43.7 Å². The number of rotatable bonds is 5. The van der Waals surface area contributed by atoms with Gasteiger partial charge in [-0.25, -0.2) is 8.42 Å². The molecule has 1 saturated carbocycles. The van der Waals surface area contributed by atoms with Crippen molar-refractivity contribution >= 4 is 21.6 Å². The molecule has 0 bridgehead atoms. The Morgan fingerprint density at radius 1 is 1.00 bits per heavy atom. The lowest BCUT2D eigenvalue weighted by Gasteiger charge is -2.34. The highest BCUT2D eigenvalue weighted by atomic mass is 32.2. The molecule has 3 aliphatic rings. The summed E-state index contributed by atoms with van der Waals surface area (Å²) in [5, 5.41) is 0. The van der Waals surface area contributed by atoms with Crippen molar-refractivity contribution in [3.63, 3.8) is 0 Å². The molecule has 0 radical (unpaired) electrons. The highest BCUT2D eigenvalue weighted by molar-refractivity contribution is 7.89. The van der Waals surface area contributed by atoms with Gasteiger partial charge in [0.1, 0.15) is 0 Å². The first-order valence-corrected chi connectivity index (χ1v) is 12.6. The van der Waals surface area contributed by atoms with Crippen LogP contribution < -0.4 is 4.90 Å². The first-order valence-electron chi connectivity index (χ1n) is 11.2. The number of piperazine rings is 1. The van der Waals surface area contributed by atoms with Crippen LogP contribution >= 0.6 is 0 Å². The van der Waals surface area contributed by atoms with Crippen LogP contribution in [-0.4, -0.2) is 55.8 Å².